The van der Waals surface area contributed by atoms with Crippen LogP contribution in [0.25, 0.3) is 0 Å². The molecule has 0 bridgehead atoms. The molecule has 52 heavy (non-hydrogen) atoms. The topological polar surface area (TPSA) is 240 Å². The number of carboxylic acids is 1. The summed E-state index contributed by atoms with van der Waals surface area (Å²) in [4.78, 5) is 37.6. The average molecular weight is 760 g/mol. The Morgan fingerprint density at radius 3 is 2.15 bits per heavy atom. The number of halogens is 3. The van der Waals surface area contributed by atoms with Crippen molar-refractivity contribution in [1.29, 1.82) is 0 Å². The van der Waals surface area contributed by atoms with E-state index in [2.05, 4.69) is 0 Å². The number of alkyl halides is 3. The minimum absolute atomic E-state index is 0.0329. The van der Waals surface area contributed by atoms with Crippen LogP contribution in [0.15, 0.2) is 0 Å². The minimum atomic E-state index is -5.45. The van der Waals surface area contributed by atoms with Crippen molar-refractivity contribution in [3.05, 3.63) is 0 Å². The molecule has 0 radical (unpaired) electrons. The van der Waals surface area contributed by atoms with Gasteiger partial charge < -0.3 is 64.4 Å². The lowest BCUT2D eigenvalue weighted by molar-refractivity contribution is -0.339. The van der Waals surface area contributed by atoms with Crippen LogP contribution in [0, 0.1) is 17.8 Å². The van der Waals surface area contributed by atoms with Crippen LogP contribution in [0.3, 0.4) is 0 Å². The molecular weight excluding hydrogens is 707 g/mol. The number of rotatable bonds is 13. The average Bonchev–Trinajstić information content (AvgIpc) is 3.11. The van der Waals surface area contributed by atoms with Gasteiger partial charge in [-0.05, 0) is 38.0 Å². The molecule has 4 aliphatic rings. The van der Waals surface area contributed by atoms with E-state index in [0.29, 0.717) is 19.3 Å². The molecule has 2 heterocycles. The monoisotopic (exact) mass is 759 g/mol. The van der Waals surface area contributed by atoms with Crippen molar-refractivity contribution in [2.24, 2.45) is 17.8 Å². The standard InChI is InChI=1S/C33H52F3NO15/c1-4-16-11-17(29(45)47-3)12-18(26(16)52-31-25(42)24(41)22(39)14(2)48-31)50-30-21(37-32(46)33(34,35)36)27(23(40)20(13-38)51-30)49-19(28(43)44)10-15-8-6-5-7-9-15/h14-27,30-31,38-42H,4-13H2,1-3H3,(H,37,46)(H,43,44)/t14-,16?,17?,18+,19-,20-,21?,22-,23-,24?,25-,26+,27?,30+,31?/m0/s1. The molecule has 4 fully saturated rings. The highest BCUT2D eigenvalue weighted by Gasteiger charge is 2.54. The van der Waals surface area contributed by atoms with Crippen LogP contribution in [-0.4, -0.2) is 148 Å². The van der Waals surface area contributed by atoms with Gasteiger partial charge in [0, 0.05) is 0 Å². The van der Waals surface area contributed by atoms with Crippen molar-refractivity contribution in [1.82, 2.24) is 5.32 Å². The third kappa shape index (κ3) is 10.1. The Hall–Kier alpha value is -2.20. The number of methoxy groups -OCH3 is 1. The molecular formula is C33H52F3NO15. The zero-order valence-corrected chi connectivity index (χ0v) is 29.3. The number of amides is 1. The van der Waals surface area contributed by atoms with Gasteiger partial charge in [-0.2, -0.15) is 13.2 Å². The van der Waals surface area contributed by atoms with Crippen molar-refractivity contribution >= 4 is 17.8 Å². The van der Waals surface area contributed by atoms with Crippen molar-refractivity contribution in [3.63, 3.8) is 0 Å². The molecule has 2 saturated carbocycles. The lowest BCUT2D eigenvalue weighted by atomic mass is 9.76. The van der Waals surface area contributed by atoms with Gasteiger partial charge in [0.2, 0.25) is 0 Å². The normalized spacial score (nSPS) is 39.8. The number of hydrogen-bond donors (Lipinski definition) is 7. The second-order valence-electron chi connectivity index (χ2n) is 14.2. The summed E-state index contributed by atoms with van der Waals surface area (Å²) in [6.45, 7) is 2.26. The highest BCUT2D eigenvalue weighted by molar-refractivity contribution is 5.82. The number of aliphatic hydroxyl groups excluding tert-OH is 5. The van der Waals surface area contributed by atoms with Gasteiger partial charge in [-0.1, -0.05) is 45.4 Å². The molecule has 0 aromatic carbocycles. The second-order valence-corrected chi connectivity index (χ2v) is 14.2. The van der Waals surface area contributed by atoms with Crippen molar-refractivity contribution < 1.29 is 86.6 Å². The molecule has 19 heteroatoms. The summed E-state index contributed by atoms with van der Waals surface area (Å²) in [7, 11) is 1.16. The number of carbonyl (C=O) groups excluding carboxylic acids is 2. The predicted molar refractivity (Wildman–Crippen MR) is 168 cm³/mol. The molecule has 2 aliphatic carbocycles. The number of esters is 1. The van der Waals surface area contributed by atoms with E-state index in [4.69, 9.17) is 28.4 Å². The number of carboxylic acid groups (broad SMARTS) is 1. The Labute approximate surface area is 298 Å². The second kappa shape index (κ2) is 18.4. The van der Waals surface area contributed by atoms with Gasteiger partial charge in [0.25, 0.3) is 0 Å². The van der Waals surface area contributed by atoms with Crippen LogP contribution in [0.5, 0.6) is 0 Å². The van der Waals surface area contributed by atoms with Gasteiger partial charge in [-0.15, -0.1) is 0 Å². The summed E-state index contributed by atoms with van der Waals surface area (Å²) in [6, 6.07) is -2.02. The minimum Gasteiger partial charge on any atom is -0.479 e. The summed E-state index contributed by atoms with van der Waals surface area (Å²) >= 11 is 0. The number of nitrogens with one attached hydrogen (secondary N) is 1. The van der Waals surface area contributed by atoms with Crippen molar-refractivity contribution in [2.75, 3.05) is 13.7 Å². The lowest BCUT2D eigenvalue weighted by Gasteiger charge is -2.49. The van der Waals surface area contributed by atoms with Gasteiger partial charge in [-0.25, -0.2) is 4.79 Å². The molecule has 0 aromatic rings. The molecule has 6 unspecified atom stereocenters. The Kier molecular flexibility index (Phi) is 15.1. The lowest BCUT2D eigenvalue weighted by Crippen LogP contribution is -2.68. The molecule has 2 aliphatic heterocycles. The van der Waals surface area contributed by atoms with Crippen LogP contribution in [-0.2, 0) is 42.8 Å². The quantitative estimate of drug-likeness (QED) is 0.124. The zero-order valence-electron chi connectivity index (χ0n) is 29.3. The van der Waals surface area contributed by atoms with E-state index >= 15 is 0 Å². The molecule has 2 saturated heterocycles. The first-order valence-electron chi connectivity index (χ1n) is 17.8. The molecule has 0 aromatic heterocycles. The molecule has 1 amide bonds. The Morgan fingerprint density at radius 2 is 1.58 bits per heavy atom. The molecule has 16 nitrogen and oxygen atoms in total. The van der Waals surface area contributed by atoms with Gasteiger partial charge in [0.05, 0.1) is 37.9 Å². The first-order chi connectivity index (χ1) is 24.5. The zero-order chi connectivity index (χ0) is 38.5. The summed E-state index contributed by atoms with van der Waals surface area (Å²) in [5.41, 5.74) is 0. The van der Waals surface area contributed by atoms with Crippen molar-refractivity contribution in [2.45, 2.75) is 157 Å². The predicted octanol–water partition coefficient (Wildman–Crippen LogP) is 0.128. The Morgan fingerprint density at radius 1 is 0.904 bits per heavy atom. The third-order valence-electron chi connectivity index (χ3n) is 10.7. The maximum atomic E-state index is 13.7. The van der Waals surface area contributed by atoms with Gasteiger partial charge >= 0.3 is 24.0 Å². The van der Waals surface area contributed by atoms with E-state index in [1.807, 2.05) is 0 Å². The van der Waals surface area contributed by atoms with Gasteiger partial charge in [-0.3, -0.25) is 9.59 Å². The Balaban J connectivity index is 1.71. The van der Waals surface area contributed by atoms with Crippen LogP contribution in [0.2, 0.25) is 0 Å². The van der Waals surface area contributed by atoms with Crippen LogP contribution < -0.4 is 5.32 Å². The maximum absolute atomic E-state index is 13.7. The highest BCUT2D eigenvalue weighted by Crippen LogP contribution is 2.40. The highest BCUT2D eigenvalue weighted by atomic mass is 19.4. The SMILES string of the molecule is CCC1CC(C(=O)OC)C[C@@H](O[C@@H]2O[C@@H](CO)[C@H](O)C(O[C@@H](CC3CCCCC3)C(=O)O)C2NC(=O)C(F)(F)F)[C@@H]1OC1O[C@@H](C)[C@H](O)C(O)[C@@H]1O. The van der Waals surface area contributed by atoms with E-state index in [1.165, 1.54) is 6.92 Å². The fourth-order valence-corrected chi connectivity index (χ4v) is 7.72. The summed E-state index contributed by atoms with van der Waals surface area (Å²) in [5, 5.41) is 64.5. The van der Waals surface area contributed by atoms with Crippen LogP contribution in [0.1, 0.15) is 71.6 Å². The number of hydrogen-bond acceptors (Lipinski definition) is 14. The fourth-order valence-electron chi connectivity index (χ4n) is 7.72. The summed E-state index contributed by atoms with van der Waals surface area (Å²) in [5.74, 6) is -6.07. The number of carbonyl (C=O) groups is 3. The molecule has 300 valence electrons. The molecule has 15 atom stereocenters. The number of aliphatic carboxylic acids is 1. The fraction of sp³-hybridized carbons (Fsp3) is 0.909. The molecule has 7 N–H and O–H groups in total. The van der Waals surface area contributed by atoms with Crippen LogP contribution in [0.4, 0.5) is 13.2 Å². The van der Waals surface area contributed by atoms with Gasteiger partial charge in [0.1, 0.15) is 42.7 Å². The summed E-state index contributed by atoms with van der Waals surface area (Å²) < 4.78 is 75.7. The number of aliphatic hydroxyl groups is 5. The van der Waals surface area contributed by atoms with E-state index in [1.54, 1.807) is 12.2 Å². The molecule has 4 rings (SSSR count). The van der Waals surface area contributed by atoms with Crippen LogP contribution >= 0.6 is 0 Å². The smallest absolute Gasteiger partial charge is 0.471 e. The first kappa shape index (κ1) is 42.5. The third-order valence-corrected chi connectivity index (χ3v) is 10.7. The largest absolute Gasteiger partial charge is 0.479 e. The number of ether oxygens (including phenoxy) is 6. The first-order valence-corrected chi connectivity index (χ1v) is 17.8. The van der Waals surface area contributed by atoms with Crippen molar-refractivity contribution in [3.8, 4) is 0 Å². The van der Waals surface area contributed by atoms with E-state index in [-0.39, 0.29) is 25.2 Å². The van der Waals surface area contributed by atoms with E-state index in [0.717, 1.165) is 26.4 Å². The maximum Gasteiger partial charge on any atom is 0.471 e. The molecule has 0 spiro atoms. The van der Waals surface area contributed by atoms with E-state index < -0.39 is 122 Å². The summed E-state index contributed by atoms with van der Waals surface area (Å²) in [6.07, 6.45) is -20.0. The van der Waals surface area contributed by atoms with E-state index in [9.17, 15) is 58.2 Å². The van der Waals surface area contributed by atoms with Gasteiger partial charge in [0.15, 0.2) is 18.7 Å². The Bertz CT molecular complexity index is 1190.